The van der Waals surface area contributed by atoms with E-state index in [9.17, 15) is 9.59 Å². The molecule has 2 aliphatic carbocycles. The molecule has 34 heavy (non-hydrogen) atoms. The molecule has 4 rings (SSSR count). The SMILES string of the molecule is COc1ccc(C(=O)Nc2ccc(Cl)c(CN(C(=O)C3CC3)C3CCCCC3N)c2)cc1OC. The zero-order valence-electron chi connectivity index (χ0n) is 19.7. The maximum atomic E-state index is 13.2. The van der Waals surface area contributed by atoms with Crippen LogP contribution in [0.4, 0.5) is 5.69 Å². The molecule has 182 valence electrons. The summed E-state index contributed by atoms with van der Waals surface area (Å²) in [6.45, 7) is 0.382. The van der Waals surface area contributed by atoms with Gasteiger partial charge in [-0.15, -0.1) is 0 Å². The first-order chi connectivity index (χ1) is 16.4. The molecule has 8 heteroatoms. The highest BCUT2D eigenvalue weighted by Crippen LogP contribution is 2.35. The van der Waals surface area contributed by atoms with Crippen LogP contribution < -0.4 is 20.5 Å². The zero-order chi connectivity index (χ0) is 24.2. The van der Waals surface area contributed by atoms with Crippen LogP contribution in [0.2, 0.25) is 5.02 Å². The smallest absolute Gasteiger partial charge is 0.255 e. The van der Waals surface area contributed by atoms with Crippen LogP contribution >= 0.6 is 11.6 Å². The fourth-order valence-electron chi connectivity index (χ4n) is 4.59. The van der Waals surface area contributed by atoms with Gasteiger partial charge in [0, 0.05) is 40.8 Å². The number of benzene rings is 2. The Balaban J connectivity index is 1.53. The summed E-state index contributed by atoms with van der Waals surface area (Å²) >= 11 is 6.53. The molecule has 0 saturated heterocycles. The molecule has 2 aromatic carbocycles. The molecule has 0 heterocycles. The van der Waals surface area contributed by atoms with Gasteiger partial charge in [0.2, 0.25) is 5.91 Å². The first-order valence-corrected chi connectivity index (χ1v) is 12.2. The maximum absolute atomic E-state index is 13.2. The Morgan fingerprint density at radius 1 is 1.03 bits per heavy atom. The van der Waals surface area contributed by atoms with E-state index in [0.29, 0.717) is 34.3 Å². The fourth-order valence-corrected chi connectivity index (χ4v) is 4.77. The third kappa shape index (κ3) is 5.47. The van der Waals surface area contributed by atoms with Crippen molar-refractivity contribution in [3.05, 3.63) is 52.5 Å². The summed E-state index contributed by atoms with van der Waals surface area (Å²) in [5.41, 5.74) is 8.26. The van der Waals surface area contributed by atoms with Crippen molar-refractivity contribution >= 4 is 29.1 Å². The summed E-state index contributed by atoms with van der Waals surface area (Å²) in [4.78, 5) is 28.0. The predicted octanol–water partition coefficient (Wildman–Crippen LogP) is 4.62. The summed E-state index contributed by atoms with van der Waals surface area (Å²) in [5.74, 6) is 1.01. The lowest BCUT2D eigenvalue weighted by molar-refractivity contribution is -0.136. The van der Waals surface area contributed by atoms with E-state index in [-0.39, 0.29) is 29.8 Å². The van der Waals surface area contributed by atoms with Gasteiger partial charge in [0.05, 0.1) is 14.2 Å². The third-order valence-electron chi connectivity index (χ3n) is 6.68. The molecule has 0 radical (unpaired) electrons. The van der Waals surface area contributed by atoms with Crippen molar-refractivity contribution in [2.24, 2.45) is 11.7 Å². The Hall–Kier alpha value is -2.77. The van der Waals surface area contributed by atoms with Crippen LogP contribution in [0.1, 0.15) is 54.4 Å². The molecule has 2 saturated carbocycles. The minimum atomic E-state index is -0.283. The lowest BCUT2D eigenvalue weighted by atomic mass is 9.89. The molecule has 0 spiro atoms. The van der Waals surface area contributed by atoms with Crippen molar-refractivity contribution in [3.63, 3.8) is 0 Å². The van der Waals surface area contributed by atoms with E-state index in [1.807, 2.05) is 11.0 Å². The number of amides is 2. The number of rotatable bonds is 8. The number of hydrogen-bond donors (Lipinski definition) is 2. The standard InChI is InChI=1S/C26H32ClN3O4/c1-33-23-12-9-17(14-24(23)34-2)25(31)29-19-10-11-20(27)18(13-19)15-30(26(32)16-7-8-16)22-6-4-3-5-21(22)28/h9-14,16,21-22H,3-8,15,28H2,1-2H3,(H,29,31). The number of hydrogen-bond acceptors (Lipinski definition) is 5. The van der Waals surface area contributed by atoms with Crippen molar-refractivity contribution in [1.82, 2.24) is 4.90 Å². The molecule has 2 atom stereocenters. The average molecular weight is 486 g/mol. The van der Waals surface area contributed by atoms with Gasteiger partial charge in [-0.2, -0.15) is 0 Å². The molecule has 2 aromatic rings. The maximum Gasteiger partial charge on any atom is 0.255 e. The van der Waals surface area contributed by atoms with Crippen LogP contribution in [-0.2, 0) is 11.3 Å². The van der Waals surface area contributed by atoms with Gasteiger partial charge in [0.25, 0.3) is 5.91 Å². The van der Waals surface area contributed by atoms with E-state index in [0.717, 1.165) is 44.1 Å². The van der Waals surface area contributed by atoms with E-state index < -0.39 is 0 Å². The first-order valence-electron chi connectivity index (χ1n) is 11.8. The van der Waals surface area contributed by atoms with Crippen LogP contribution in [0.3, 0.4) is 0 Å². The van der Waals surface area contributed by atoms with E-state index in [1.54, 1.807) is 37.4 Å². The number of nitrogens with two attached hydrogens (primary N) is 1. The minimum absolute atomic E-state index is 0.0166. The lowest BCUT2D eigenvalue weighted by Crippen LogP contribution is -2.52. The van der Waals surface area contributed by atoms with Crippen molar-refractivity contribution in [1.29, 1.82) is 0 Å². The number of methoxy groups -OCH3 is 2. The molecular formula is C26H32ClN3O4. The summed E-state index contributed by atoms with van der Waals surface area (Å²) in [5, 5.41) is 3.48. The van der Waals surface area contributed by atoms with Crippen LogP contribution in [-0.4, -0.2) is 43.0 Å². The second-order valence-corrected chi connectivity index (χ2v) is 9.49. The first kappa shape index (κ1) is 24.4. The van der Waals surface area contributed by atoms with E-state index in [1.165, 1.54) is 7.11 Å². The zero-order valence-corrected chi connectivity index (χ0v) is 20.4. The van der Waals surface area contributed by atoms with Gasteiger partial charge in [-0.05, 0) is 67.6 Å². The number of halogens is 1. The highest BCUT2D eigenvalue weighted by Gasteiger charge is 2.39. The predicted molar refractivity (Wildman–Crippen MR) is 132 cm³/mol. The normalized spacial score (nSPS) is 19.9. The quantitative estimate of drug-likeness (QED) is 0.569. The minimum Gasteiger partial charge on any atom is -0.493 e. The molecule has 0 aliphatic heterocycles. The number of anilines is 1. The molecule has 2 unspecified atom stereocenters. The Kier molecular flexibility index (Phi) is 7.63. The topological polar surface area (TPSA) is 93.9 Å². The second-order valence-electron chi connectivity index (χ2n) is 9.09. The van der Waals surface area contributed by atoms with Gasteiger partial charge in [-0.25, -0.2) is 0 Å². The van der Waals surface area contributed by atoms with Crippen molar-refractivity contribution < 1.29 is 19.1 Å². The number of carbonyl (C=O) groups is 2. The third-order valence-corrected chi connectivity index (χ3v) is 7.05. The number of nitrogens with zero attached hydrogens (tertiary/aromatic N) is 1. The van der Waals surface area contributed by atoms with Crippen molar-refractivity contribution in [2.45, 2.75) is 57.2 Å². The fraction of sp³-hybridized carbons (Fsp3) is 0.462. The molecule has 3 N–H and O–H groups in total. The Labute approximate surface area is 205 Å². The van der Waals surface area contributed by atoms with Crippen molar-refractivity contribution in [2.75, 3.05) is 19.5 Å². The highest BCUT2D eigenvalue weighted by atomic mass is 35.5. The van der Waals surface area contributed by atoms with Crippen molar-refractivity contribution in [3.8, 4) is 11.5 Å². The molecule has 2 amide bonds. The average Bonchev–Trinajstić information content (AvgIpc) is 3.69. The van der Waals surface area contributed by atoms with Gasteiger partial charge >= 0.3 is 0 Å². The number of carbonyl (C=O) groups excluding carboxylic acids is 2. The van der Waals surface area contributed by atoms with Gasteiger partial charge in [0.15, 0.2) is 11.5 Å². The number of nitrogens with one attached hydrogen (secondary N) is 1. The molecular weight excluding hydrogens is 454 g/mol. The second kappa shape index (κ2) is 10.7. The molecule has 2 fully saturated rings. The van der Waals surface area contributed by atoms with Gasteiger partial charge in [-0.1, -0.05) is 24.4 Å². The molecule has 0 bridgehead atoms. The van der Waals surface area contributed by atoms with Crippen LogP contribution in [0.15, 0.2) is 36.4 Å². The Bertz CT molecular complexity index is 1060. The van der Waals surface area contributed by atoms with Crippen LogP contribution in [0, 0.1) is 5.92 Å². The largest absolute Gasteiger partial charge is 0.493 e. The Morgan fingerprint density at radius 2 is 1.76 bits per heavy atom. The number of ether oxygens (including phenoxy) is 2. The molecule has 7 nitrogen and oxygen atoms in total. The van der Waals surface area contributed by atoms with Gasteiger partial charge in [-0.3, -0.25) is 9.59 Å². The molecule has 0 aromatic heterocycles. The van der Waals surface area contributed by atoms with Crippen LogP contribution in [0.25, 0.3) is 0 Å². The summed E-state index contributed by atoms with van der Waals surface area (Å²) in [6, 6.07) is 10.3. The molecule has 2 aliphatic rings. The van der Waals surface area contributed by atoms with Gasteiger partial charge in [0.1, 0.15) is 0 Å². The Morgan fingerprint density at radius 3 is 2.44 bits per heavy atom. The van der Waals surface area contributed by atoms with E-state index in [2.05, 4.69) is 5.32 Å². The summed E-state index contributed by atoms with van der Waals surface area (Å²) in [7, 11) is 3.07. The monoisotopic (exact) mass is 485 g/mol. The summed E-state index contributed by atoms with van der Waals surface area (Å²) < 4.78 is 10.5. The van der Waals surface area contributed by atoms with Gasteiger partial charge < -0.3 is 25.4 Å². The van der Waals surface area contributed by atoms with E-state index in [4.69, 9.17) is 26.8 Å². The highest BCUT2D eigenvalue weighted by molar-refractivity contribution is 6.31. The van der Waals surface area contributed by atoms with Crippen LogP contribution in [0.5, 0.6) is 11.5 Å². The van der Waals surface area contributed by atoms with E-state index >= 15 is 0 Å². The lowest BCUT2D eigenvalue weighted by Gasteiger charge is -2.39. The summed E-state index contributed by atoms with van der Waals surface area (Å²) in [6.07, 6.45) is 5.88.